The summed E-state index contributed by atoms with van der Waals surface area (Å²) in [4.78, 5) is 11.7. The maximum Gasteiger partial charge on any atom is 0.306 e. The van der Waals surface area contributed by atoms with Crippen molar-refractivity contribution in [1.82, 2.24) is 10.2 Å². The van der Waals surface area contributed by atoms with Gasteiger partial charge in [0.1, 0.15) is 5.76 Å². The quantitative estimate of drug-likeness (QED) is 0.641. The fourth-order valence-corrected chi connectivity index (χ4v) is 2.17. The summed E-state index contributed by atoms with van der Waals surface area (Å²) in [7, 11) is 0. The summed E-state index contributed by atoms with van der Waals surface area (Å²) in [6.07, 6.45) is 2.27. The van der Waals surface area contributed by atoms with Gasteiger partial charge in [-0.3, -0.25) is 4.79 Å². The van der Waals surface area contributed by atoms with Crippen molar-refractivity contribution in [2.24, 2.45) is 0 Å². The summed E-state index contributed by atoms with van der Waals surface area (Å²) in [6, 6.07) is 10.7. The molecular weight excluding hydrogens is 320 g/mol. The van der Waals surface area contributed by atoms with Crippen molar-refractivity contribution in [3.63, 3.8) is 0 Å². The van der Waals surface area contributed by atoms with Crippen molar-refractivity contribution in [2.75, 3.05) is 0 Å². The fraction of sp³-hybridized carbons (Fsp3) is 0.188. The van der Waals surface area contributed by atoms with Crippen LogP contribution in [0.2, 0.25) is 5.02 Å². The predicted molar refractivity (Wildman–Crippen MR) is 81.6 cm³/mol. The minimum absolute atomic E-state index is 0.0750. The van der Waals surface area contributed by atoms with Crippen LogP contribution in [0.15, 0.2) is 51.5 Å². The van der Waals surface area contributed by atoms with Crippen molar-refractivity contribution >= 4 is 17.6 Å². The predicted octanol–water partition coefficient (Wildman–Crippen LogP) is 3.66. The number of benzene rings is 1. The van der Waals surface area contributed by atoms with Gasteiger partial charge in [0.2, 0.25) is 5.89 Å². The Morgan fingerprint density at radius 2 is 2.04 bits per heavy atom. The Kier molecular flexibility index (Phi) is 4.73. The first-order valence-corrected chi connectivity index (χ1v) is 7.35. The minimum atomic E-state index is -0.362. The smallest absolute Gasteiger partial charge is 0.306 e. The molecule has 0 aliphatic carbocycles. The molecular formula is C16H13ClN2O4. The summed E-state index contributed by atoms with van der Waals surface area (Å²) in [5, 5.41) is 8.26. The highest BCUT2D eigenvalue weighted by Gasteiger charge is 2.13. The maximum atomic E-state index is 11.7. The molecule has 0 aliphatic heterocycles. The van der Waals surface area contributed by atoms with Gasteiger partial charge < -0.3 is 13.6 Å². The van der Waals surface area contributed by atoms with E-state index >= 15 is 0 Å². The molecule has 0 aliphatic rings. The Morgan fingerprint density at radius 3 is 2.83 bits per heavy atom. The number of halogens is 1. The van der Waals surface area contributed by atoms with Gasteiger partial charge in [-0.1, -0.05) is 23.7 Å². The molecule has 0 fully saturated rings. The molecule has 0 amide bonds. The number of hydrogen-bond donors (Lipinski definition) is 0. The average molecular weight is 333 g/mol. The van der Waals surface area contributed by atoms with E-state index in [0.717, 1.165) is 5.76 Å². The van der Waals surface area contributed by atoms with E-state index in [2.05, 4.69) is 10.2 Å². The number of carbonyl (C=O) groups excluding carboxylic acids is 1. The van der Waals surface area contributed by atoms with Gasteiger partial charge in [0, 0.05) is 6.42 Å². The van der Waals surface area contributed by atoms with Gasteiger partial charge in [-0.15, -0.1) is 10.2 Å². The number of aromatic nitrogens is 2. The summed E-state index contributed by atoms with van der Waals surface area (Å²) in [6.45, 7) is -0.0750. The highest BCUT2D eigenvalue weighted by Crippen LogP contribution is 2.26. The van der Waals surface area contributed by atoms with E-state index in [1.54, 1.807) is 30.5 Å². The average Bonchev–Trinajstić information content (AvgIpc) is 3.23. The normalized spacial score (nSPS) is 10.7. The number of carbonyl (C=O) groups is 1. The van der Waals surface area contributed by atoms with Crippen molar-refractivity contribution in [1.29, 1.82) is 0 Å². The summed E-state index contributed by atoms with van der Waals surface area (Å²) in [5.41, 5.74) is 0.636. The molecule has 0 atom stereocenters. The van der Waals surface area contributed by atoms with E-state index in [4.69, 9.17) is 25.2 Å². The summed E-state index contributed by atoms with van der Waals surface area (Å²) < 4.78 is 15.7. The van der Waals surface area contributed by atoms with Crippen LogP contribution >= 0.6 is 11.6 Å². The minimum Gasteiger partial charge on any atom is -0.469 e. The Hall–Kier alpha value is -2.60. The van der Waals surface area contributed by atoms with E-state index in [9.17, 15) is 4.79 Å². The first-order valence-electron chi connectivity index (χ1n) is 6.97. The number of hydrogen-bond acceptors (Lipinski definition) is 6. The number of esters is 1. The summed E-state index contributed by atoms with van der Waals surface area (Å²) in [5.74, 6) is 0.878. The van der Waals surface area contributed by atoms with Crippen LogP contribution in [0.1, 0.15) is 18.1 Å². The van der Waals surface area contributed by atoms with Crippen LogP contribution in [0.4, 0.5) is 0 Å². The van der Waals surface area contributed by atoms with Crippen molar-refractivity contribution < 1.29 is 18.4 Å². The largest absolute Gasteiger partial charge is 0.469 e. The SMILES string of the molecule is O=C(CCc1ccco1)OCc1nnc(-c2ccccc2Cl)o1. The highest BCUT2D eigenvalue weighted by atomic mass is 35.5. The van der Waals surface area contributed by atoms with Crippen molar-refractivity contribution in [2.45, 2.75) is 19.4 Å². The maximum absolute atomic E-state index is 11.7. The Bertz CT molecular complexity index is 783. The Morgan fingerprint density at radius 1 is 1.17 bits per heavy atom. The van der Waals surface area contributed by atoms with Crippen LogP contribution in [0.3, 0.4) is 0 Å². The first-order chi connectivity index (χ1) is 11.2. The standard InChI is InChI=1S/C16H13ClN2O4/c17-13-6-2-1-5-12(13)16-19-18-14(23-16)10-22-15(20)8-7-11-4-3-9-21-11/h1-6,9H,7-8,10H2. The van der Waals surface area contributed by atoms with Gasteiger partial charge in [0.05, 0.1) is 23.3 Å². The van der Waals surface area contributed by atoms with Crippen molar-refractivity contribution in [3.05, 3.63) is 59.3 Å². The lowest BCUT2D eigenvalue weighted by molar-refractivity contribution is -0.145. The van der Waals surface area contributed by atoms with Gasteiger partial charge in [-0.2, -0.15) is 0 Å². The van der Waals surface area contributed by atoms with E-state index in [1.165, 1.54) is 0 Å². The number of nitrogens with zero attached hydrogens (tertiary/aromatic N) is 2. The number of rotatable bonds is 6. The molecule has 0 N–H and O–H groups in total. The Labute approximate surface area is 137 Å². The second kappa shape index (κ2) is 7.11. The summed E-state index contributed by atoms with van der Waals surface area (Å²) >= 11 is 6.06. The van der Waals surface area contributed by atoms with E-state index in [-0.39, 0.29) is 30.8 Å². The number of furan rings is 1. The molecule has 0 spiro atoms. The van der Waals surface area contributed by atoms with Crippen LogP contribution in [0.5, 0.6) is 0 Å². The molecule has 0 saturated heterocycles. The second-order valence-electron chi connectivity index (χ2n) is 4.72. The van der Waals surface area contributed by atoms with Gasteiger partial charge in [-0.05, 0) is 24.3 Å². The van der Waals surface area contributed by atoms with E-state index in [1.807, 2.05) is 12.1 Å². The first kappa shape index (κ1) is 15.3. The molecule has 23 heavy (non-hydrogen) atoms. The highest BCUT2D eigenvalue weighted by molar-refractivity contribution is 6.33. The fourth-order valence-electron chi connectivity index (χ4n) is 1.95. The van der Waals surface area contributed by atoms with Crippen LogP contribution < -0.4 is 0 Å². The van der Waals surface area contributed by atoms with Crippen molar-refractivity contribution in [3.8, 4) is 11.5 Å². The number of ether oxygens (including phenoxy) is 1. The molecule has 1 aromatic carbocycles. The Balaban J connectivity index is 1.53. The molecule has 2 heterocycles. The van der Waals surface area contributed by atoms with Gasteiger partial charge in [-0.25, -0.2) is 0 Å². The van der Waals surface area contributed by atoms with Gasteiger partial charge >= 0.3 is 5.97 Å². The number of aryl methyl sites for hydroxylation is 1. The lowest BCUT2D eigenvalue weighted by Crippen LogP contribution is -2.05. The molecule has 0 saturated carbocycles. The third kappa shape index (κ3) is 3.98. The third-order valence-electron chi connectivity index (χ3n) is 3.08. The zero-order chi connectivity index (χ0) is 16.1. The monoisotopic (exact) mass is 332 g/mol. The molecule has 6 nitrogen and oxygen atoms in total. The van der Waals surface area contributed by atoms with E-state index < -0.39 is 0 Å². The molecule has 0 radical (unpaired) electrons. The molecule has 118 valence electrons. The lowest BCUT2D eigenvalue weighted by atomic mass is 10.2. The topological polar surface area (TPSA) is 78.4 Å². The molecule has 0 unspecified atom stereocenters. The third-order valence-corrected chi connectivity index (χ3v) is 3.41. The molecule has 3 rings (SSSR count). The van der Waals surface area contributed by atoms with Crippen LogP contribution in [0, 0.1) is 0 Å². The van der Waals surface area contributed by atoms with Crippen LogP contribution in [0.25, 0.3) is 11.5 Å². The molecule has 2 aromatic heterocycles. The zero-order valence-corrected chi connectivity index (χ0v) is 12.8. The van der Waals surface area contributed by atoms with Gasteiger partial charge in [0.15, 0.2) is 6.61 Å². The molecule has 0 bridgehead atoms. The lowest BCUT2D eigenvalue weighted by Gasteiger charge is -2.01. The molecule has 7 heteroatoms. The second-order valence-corrected chi connectivity index (χ2v) is 5.13. The van der Waals surface area contributed by atoms with E-state index in [0.29, 0.717) is 17.0 Å². The zero-order valence-electron chi connectivity index (χ0n) is 12.1. The van der Waals surface area contributed by atoms with Gasteiger partial charge in [0.25, 0.3) is 5.89 Å². The molecule has 3 aromatic rings. The van der Waals surface area contributed by atoms with Crippen LogP contribution in [-0.4, -0.2) is 16.2 Å². The van der Waals surface area contributed by atoms with Crippen LogP contribution in [-0.2, 0) is 22.6 Å².